The number of carbonyl (C=O) groups is 1. The highest BCUT2D eigenvalue weighted by Crippen LogP contribution is 2.27. The predicted molar refractivity (Wildman–Crippen MR) is 95.8 cm³/mol. The summed E-state index contributed by atoms with van der Waals surface area (Å²) in [6.45, 7) is 1.98. The first-order valence-corrected chi connectivity index (χ1v) is 7.98. The van der Waals surface area contributed by atoms with E-state index in [1.165, 1.54) is 0 Å². The van der Waals surface area contributed by atoms with Crippen molar-refractivity contribution in [3.05, 3.63) is 75.2 Å². The van der Waals surface area contributed by atoms with Crippen LogP contribution in [0.15, 0.2) is 59.1 Å². The highest BCUT2D eigenvalue weighted by molar-refractivity contribution is 9.10. The Morgan fingerprint density at radius 1 is 1.05 bits per heavy atom. The van der Waals surface area contributed by atoms with E-state index in [9.17, 15) is 4.79 Å². The zero-order valence-electron chi connectivity index (χ0n) is 11.9. The molecule has 0 bridgehead atoms. The first-order chi connectivity index (χ1) is 10.6. The van der Waals surface area contributed by atoms with Crippen LogP contribution < -0.4 is 5.32 Å². The molecule has 0 aliphatic carbocycles. The number of fused-ring (bicyclic) bond motifs is 1. The van der Waals surface area contributed by atoms with Crippen LogP contribution in [0.1, 0.15) is 15.9 Å². The number of halogens is 2. The number of carbonyl (C=O) groups excluding carboxylic acids is 1. The van der Waals surface area contributed by atoms with Gasteiger partial charge in [-0.2, -0.15) is 0 Å². The van der Waals surface area contributed by atoms with Gasteiger partial charge in [-0.15, -0.1) is 0 Å². The minimum Gasteiger partial charge on any atom is -0.322 e. The topological polar surface area (TPSA) is 29.1 Å². The molecule has 0 fully saturated rings. The van der Waals surface area contributed by atoms with Crippen LogP contribution in [0.5, 0.6) is 0 Å². The van der Waals surface area contributed by atoms with Crippen LogP contribution in [0.4, 0.5) is 5.69 Å². The number of benzene rings is 3. The fourth-order valence-electron chi connectivity index (χ4n) is 2.39. The Bertz CT molecular complexity index is 876. The maximum absolute atomic E-state index is 12.6. The van der Waals surface area contributed by atoms with E-state index in [1.54, 1.807) is 6.07 Å². The molecule has 0 heterocycles. The predicted octanol–water partition coefficient (Wildman–Crippen LogP) is 5.82. The number of aryl methyl sites for hydroxylation is 1. The van der Waals surface area contributed by atoms with E-state index < -0.39 is 0 Å². The lowest BCUT2D eigenvalue weighted by Crippen LogP contribution is -2.12. The SMILES string of the molecule is Cc1cc(NC(=O)c2cccc3c(Cl)cccc23)ccc1Br. The minimum atomic E-state index is -0.144. The molecule has 0 saturated heterocycles. The summed E-state index contributed by atoms with van der Waals surface area (Å²) in [4.78, 5) is 12.6. The summed E-state index contributed by atoms with van der Waals surface area (Å²) in [6, 6.07) is 16.9. The van der Waals surface area contributed by atoms with Gasteiger partial charge in [0.25, 0.3) is 5.91 Å². The molecule has 2 nitrogen and oxygen atoms in total. The lowest BCUT2D eigenvalue weighted by atomic mass is 10.0. The smallest absolute Gasteiger partial charge is 0.256 e. The van der Waals surface area contributed by atoms with Crippen LogP contribution in [0.2, 0.25) is 5.02 Å². The van der Waals surface area contributed by atoms with Gasteiger partial charge in [-0.1, -0.05) is 51.8 Å². The Morgan fingerprint density at radius 2 is 1.77 bits per heavy atom. The molecular weight excluding hydrogens is 362 g/mol. The highest BCUT2D eigenvalue weighted by Gasteiger charge is 2.11. The molecule has 0 aliphatic heterocycles. The van der Waals surface area contributed by atoms with Crippen molar-refractivity contribution in [1.82, 2.24) is 0 Å². The molecule has 0 atom stereocenters. The molecule has 0 aromatic heterocycles. The Morgan fingerprint density at radius 3 is 2.55 bits per heavy atom. The second kappa shape index (κ2) is 6.11. The summed E-state index contributed by atoms with van der Waals surface area (Å²) in [5.41, 5.74) is 2.45. The summed E-state index contributed by atoms with van der Waals surface area (Å²) >= 11 is 9.65. The summed E-state index contributed by atoms with van der Waals surface area (Å²) in [6.07, 6.45) is 0. The van der Waals surface area contributed by atoms with Crippen LogP contribution in [0.3, 0.4) is 0 Å². The third-order valence-electron chi connectivity index (χ3n) is 3.53. The standard InChI is InChI=1S/C18H13BrClNO/c1-11-10-12(8-9-16(11)19)21-18(22)15-6-2-5-14-13(15)4-3-7-17(14)20/h2-10H,1H3,(H,21,22). The largest absolute Gasteiger partial charge is 0.322 e. The molecule has 3 aromatic rings. The third kappa shape index (κ3) is 2.87. The van der Waals surface area contributed by atoms with Crippen LogP contribution in [0, 0.1) is 6.92 Å². The zero-order valence-corrected chi connectivity index (χ0v) is 14.2. The number of amides is 1. The van der Waals surface area contributed by atoms with Crippen LogP contribution in [-0.2, 0) is 0 Å². The van der Waals surface area contributed by atoms with Gasteiger partial charge in [0.2, 0.25) is 0 Å². The van der Waals surface area contributed by atoms with E-state index in [1.807, 2.05) is 55.5 Å². The highest BCUT2D eigenvalue weighted by atomic mass is 79.9. The van der Waals surface area contributed by atoms with E-state index in [2.05, 4.69) is 21.2 Å². The van der Waals surface area contributed by atoms with Crippen molar-refractivity contribution in [2.24, 2.45) is 0 Å². The van der Waals surface area contributed by atoms with Crippen LogP contribution in [0.25, 0.3) is 10.8 Å². The second-order valence-electron chi connectivity index (χ2n) is 5.06. The van der Waals surface area contributed by atoms with Gasteiger partial charge in [-0.05, 0) is 48.2 Å². The van der Waals surface area contributed by atoms with Crippen LogP contribution >= 0.6 is 27.5 Å². The first kappa shape index (κ1) is 15.1. The van der Waals surface area contributed by atoms with Crippen molar-refractivity contribution < 1.29 is 4.79 Å². The molecule has 4 heteroatoms. The third-order valence-corrected chi connectivity index (χ3v) is 4.75. The van der Waals surface area contributed by atoms with Gasteiger partial charge < -0.3 is 5.32 Å². The molecule has 0 aliphatic rings. The van der Waals surface area contributed by atoms with E-state index >= 15 is 0 Å². The fraction of sp³-hybridized carbons (Fsp3) is 0.0556. The molecule has 110 valence electrons. The molecule has 0 saturated carbocycles. The summed E-state index contributed by atoms with van der Waals surface area (Å²) in [7, 11) is 0. The Balaban J connectivity index is 1.99. The van der Waals surface area contributed by atoms with Crippen molar-refractivity contribution in [3.8, 4) is 0 Å². The van der Waals surface area contributed by atoms with Gasteiger partial charge in [-0.25, -0.2) is 0 Å². The molecule has 0 unspecified atom stereocenters. The fourth-order valence-corrected chi connectivity index (χ4v) is 2.87. The van der Waals surface area contributed by atoms with Gasteiger partial charge >= 0.3 is 0 Å². The van der Waals surface area contributed by atoms with Gasteiger partial charge in [-0.3, -0.25) is 4.79 Å². The number of hydrogen-bond acceptors (Lipinski definition) is 1. The molecule has 3 aromatic carbocycles. The number of rotatable bonds is 2. The molecule has 3 rings (SSSR count). The number of hydrogen-bond donors (Lipinski definition) is 1. The van der Waals surface area contributed by atoms with E-state index in [-0.39, 0.29) is 5.91 Å². The minimum absolute atomic E-state index is 0.144. The molecule has 0 radical (unpaired) electrons. The summed E-state index contributed by atoms with van der Waals surface area (Å²) in [5.74, 6) is -0.144. The van der Waals surface area contributed by atoms with E-state index in [0.717, 1.165) is 26.5 Å². The van der Waals surface area contributed by atoms with Gasteiger partial charge in [0.1, 0.15) is 0 Å². The van der Waals surface area contributed by atoms with E-state index in [4.69, 9.17) is 11.6 Å². The molecular formula is C18H13BrClNO. The Kier molecular flexibility index (Phi) is 4.19. The number of nitrogens with one attached hydrogen (secondary N) is 1. The van der Waals surface area contributed by atoms with Crippen molar-refractivity contribution in [1.29, 1.82) is 0 Å². The van der Waals surface area contributed by atoms with Crippen molar-refractivity contribution >= 4 is 49.9 Å². The lowest BCUT2D eigenvalue weighted by molar-refractivity contribution is 0.102. The van der Waals surface area contributed by atoms with Gasteiger partial charge in [0.15, 0.2) is 0 Å². The normalized spacial score (nSPS) is 10.7. The van der Waals surface area contributed by atoms with Crippen molar-refractivity contribution in [3.63, 3.8) is 0 Å². The average Bonchev–Trinajstić information content (AvgIpc) is 2.51. The first-order valence-electron chi connectivity index (χ1n) is 6.81. The second-order valence-corrected chi connectivity index (χ2v) is 6.32. The van der Waals surface area contributed by atoms with Crippen molar-refractivity contribution in [2.75, 3.05) is 5.32 Å². The zero-order chi connectivity index (χ0) is 15.7. The maximum atomic E-state index is 12.6. The number of anilines is 1. The van der Waals surface area contributed by atoms with E-state index in [0.29, 0.717) is 10.6 Å². The quantitative estimate of drug-likeness (QED) is 0.602. The van der Waals surface area contributed by atoms with Gasteiger partial charge in [0.05, 0.1) is 0 Å². The van der Waals surface area contributed by atoms with Crippen molar-refractivity contribution in [2.45, 2.75) is 6.92 Å². The maximum Gasteiger partial charge on any atom is 0.256 e. The Hall–Kier alpha value is -1.84. The monoisotopic (exact) mass is 373 g/mol. The Labute approximate surface area is 142 Å². The summed E-state index contributed by atoms with van der Waals surface area (Å²) in [5, 5.41) is 5.31. The average molecular weight is 375 g/mol. The molecule has 1 amide bonds. The molecule has 22 heavy (non-hydrogen) atoms. The van der Waals surface area contributed by atoms with Gasteiger partial charge in [0, 0.05) is 26.1 Å². The van der Waals surface area contributed by atoms with Crippen LogP contribution in [-0.4, -0.2) is 5.91 Å². The lowest BCUT2D eigenvalue weighted by Gasteiger charge is -2.10. The molecule has 1 N–H and O–H groups in total. The molecule has 0 spiro atoms. The summed E-state index contributed by atoms with van der Waals surface area (Å²) < 4.78 is 1.02.